The second-order valence-corrected chi connectivity index (χ2v) is 7.11. The molecule has 1 aliphatic carbocycles. The Bertz CT molecular complexity index is 853. The number of hydrogen-bond acceptors (Lipinski definition) is 2. The Balaban J connectivity index is 1.64. The van der Waals surface area contributed by atoms with Crippen LogP contribution in [0.3, 0.4) is 0 Å². The molecular formula is C20H22N2O2. The number of amides is 1. The van der Waals surface area contributed by atoms with Gasteiger partial charge in [0.05, 0.1) is 0 Å². The van der Waals surface area contributed by atoms with E-state index in [1.165, 1.54) is 11.1 Å². The van der Waals surface area contributed by atoms with Crippen molar-refractivity contribution in [1.29, 1.82) is 0 Å². The van der Waals surface area contributed by atoms with Crippen molar-refractivity contribution in [1.82, 2.24) is 9.88 Å². The highest BCUT2D eigenvalue weighted by Crippen LogP contribution is 2.24. The topological polar surface area (TPSA) is 53.2 Å². The quantitative estimate of drug-likeness (QED) is 0.877. The molecule has 1 aromatic heterocycles. The molecule has 0 saturated carbocycles. The lowest BCUT2D eigenvalue weighted by atomic mass is 9.87. The van der Waals surface area contributed by atoms with E-state index in [1.807, 2.05) is 18.2 Å². The fraction of sp³-hybridized carbons (Fsp3) is 0.400. The molecule has 124 valence electrons. The van der Waals surface area contributed by atoms with Gasteiger partial charge in [0.25, 0.3) is 11.5 Å². The average molecular weight is 322 g/mol. The second kappa shape index (κ2) is 5.93. The van der Waals surface area contributed by atoms with Gasteiger partial charge in [-0.3, -0.25) is 9.59 Å². The van der Waals surface area contributed by atoms with Gasteiger partial charge >= 0.3 is 0 Å². The number of carbonyl (C=O) groups excluding carboxylic acids is 1. The molecule has 1 N–H and O–H groups in total. The van der Waals surface area contributed by atoms with Gasteiger partial charge in [-0.15, -0.1) is 0 Å². The number of nitrogens with zero attached hydrogens (tertiary/aromatic N) is 1. The lowest BCUT2D eigenvalue weighted by Crippen LogP contribution is -2.39. The Morgan fingerprint density at radius 2 is 1.96 bits per heavy atom. The maximum absolute atomic E-state index is 12.9. The maximum atomic E-state index is 12.9. The fourth-order valence-corrected chi connectivity index (χ4v) is 3.88. The summed E-state index contributed by atoms with van der Waals surface area (Å²) in [4.78, 5) is 30.1. The molecule has 1 amide bonds. The Hall–Kier alpha value is -2.36. The molecule has 4 nitrogen and oxygen atoms in total. The minimum Gasteiger partial charge on any atom is -0.334 e. The first-order valence-corrected chi connectivity index (χ1v) is 8.73. The van der Waals surface area contributed by atoms with Crippen LogP contribution in [0.5, 0.6) is 0 Å². The summed E-state index contributed by atoms with van der Waals surface area (Å²) in [6.45, 7) is 3.47. The first-order valence-electron chi connectivity index (χ1n) is 8.73. The predicted octanol–water partition coefficient (Wildman–Crippen LogP) is 2.70. The third-order valence-electron chi connectivity index (χ3n) is 5.32. The molecule has 0 fully saturated rings. The highest BCUT2D eigenvalue weighted by molar-refractivity contribution is 5.94. The molecule has 1 atom stereocenters. The van der Waals surface area contributed by atoms with Gasteiger partial charge in [0, 0.05) is 18.8 Å². The Labute approximate surface area is 141 Å². The predicted molar refractivity (Wildman–Crippen MR) is 93.1 cm³/mol. The number of nitrogens with one attached hydrogen (secondary N) is 1. The number of carbonyl (C=O) groups is 1. The van der Waals surface area contributed by atoms with E-state index in [4.69, 9.17) is 0 Å². The minimum absolute atomic E-state index is 0.147. The summed E-state index contributed by atoms with van der Waals surface area (Å²) in [5.74, 6) is 0.458. The zero-order valence-electron chi connectivity index (χ0n) is 14.0. The van der Waals surface area contributed by atoms with Crippen LogP contribution in [0.2, 0.25) is 0 Å². The zero-order chi connectivity index (χ0) is 16.7. The highest BCUT2D eigenvalue weighted by atomic mass is 16.2. The van der Waals surface area contributed by atoms with Crippen molar-refractivity contribution < 1.29 is 4.79 Å². The summed E-state index contributed by atoms with van der Waals surface area (Å²) >= 11 is 0. The Morgan fingerprint density at radius 1 is 1.17 bits per heavy atom. The monoisotopic (exact) mass is 322 g/mol. The second-order valence-electron chi connectivity index (χ2n) is 7.11. The summed E-state index contributed by atoms with van der Waals surface area (Å²) in [6, 6.07) is 10.1. The molecule has 0 bridgehead atoms. The van der Waals surface area contributed by atoms with E-state index in [-0.39, 0.29) is 11.5 Å². The largest absolute Gasteiger partial charge is 0.334 e. The van der Waals surface area contributed by atoms with Crippen LogP contribution in [-0.2, 0) is 25.8 Å². The molecule has 0 radical (unpaired) electrons. The van der Waals surface area contributed by atoms with E-state index in [9.17, 15) is 9.59 Å². The summed E-state index contributed by atoms with van der Waals surface area (Å²) in [5, 5.41) is 0. The van der Waals surface area contributed by atoms with E-state index in [0.717, 1.165) is 36.9 Å². The third-order valence-corrected chi connectivity index (χ3v) is 5.32. The van der Waals surface area contributed by atoms with Gasteiger partial charge in [0.1, 0.15) is 5.56 Å². The lowest BCUT2D eigenvalue weighted by molar-refractivity contribution is 0.0732. The Kier molecular flexibility index (Phi) is 3.75. The van der Waals surface area contributed by atoms with Crippen LogP contribution >= 0.6 is 0 Å². The number of hydrogen-bond donors (Lipinski definition) is 1. The molecule has 2 aliphatic rings. The van der Waals surface area contributed by atoms with Crippen LogP contribution in [0.25, 0.3) is 0 Å². The number of fused-ring (bicyclic) bond motifs is 2. The van der Waals surface area contributed by atoms with Crippen molar-refractivity contribution in [2.45, 2.75) is 39.2 Å². The van der Waals surface area contributed by atoms with Gasteiger partial charge in [-0.2, -0.15) is 0 Å². The van der Waals surface area contributed by atoms with Gasteiger partial charge in [0.15, 0.2) is 0 Å². The molecule has 0 spiro atoms. The number of H-pyrrole nitrogens is 1. The number of aromatic amines is 1. The molecule has 4 rings (SSSR count). The first-order chi connectivity index (χ1) is 11.6. The van der Waals surface area contributed by atoms with E-state index in [2.05, 4.69) is 24.0 Å². The molecule has 24 heavy (non-hydrogen) atoms. The van der Waals surface area contributed by atoms with Crippen LogP contribution in [-0.4, -0.2) is 22.3 Å². The van der Waals surface area contributed by atoms with Gasteiger partial charge < -0.3 is 9.88 Å². The summed E-state index contributed by atoms with van der Waals surface area (Å²) in [5.41, 5.74) is 4.68. The smallest absolute Gasteiger partial charge is 0.261 e. The minimum atomic E-state index is -0.243. The molecule has 0 unspecified atom stereocenters. The van der Waals surface area contributed by atoms with Crippen LogP contribution in [0.4, 0.5) is 0 Å². The number of pyridine rings is 1. The van der Waals surface area contributed by atoms with Gasteiger partial charge in [-0.05, 0) is 54.4 Å². The summed E-state index contributed by atoms with van der Waals surface area (Å²) in [6.07, 6.45) is 3.79. The van der Waals surface area contributed by atoms with Crippen LogP contribution < -0.4 is 5.56 Å². The van der Waals surface area contributed by atoms with E-state index < -0.39 is 0 Å². The van der Waals surface area contributed by atoms with Gasteiger partial charge in [-0.25, -0.2) is 0 Å². The molecule has 4 heteroatoms. The third kappa shape index (κ3) is 2.66. The van der Waals surface area contributed by atoms with Gasteiger partial charge in [-0.1, -0.05) is 31.2 Å². The van der Waals surface area contributed by atoms with E-state index >= 15 is 0 Å². The zero-order valence-corrected chi connectivity index (χ0v) is 14.0. The fourth-order valence-electron chi connectivity index (χ4n) is 3.88. The van der Waals surface area contributed by atoms with Crippen molar-refractivity contribution in [2.24, 2.45) is 5.92 Å². The molecule has 1 aliphatic heterocycles. The number of rotatable bonds is 1. The summed E-state index contributed by atoms with van der Waals surface area (Å²) in [7, 11) is 0. The van der Waals surface area contributed by atoms with Gasteiger partial charge in [0.2, 0.25) is 0 Å². The van der Waals surface area contributed by atoms with Crippen LogP contribution in [0.15, 0.2) is 35.1 Å². The molecule has 2 heterocycles. The molecule has 1 aromatic carbocycles. The van der Waals surface area contributed by atoms with Crippen molar-refractivity contribution >= 4 is 5.91 Å². The van der Waals surface area contributed by atoms with Crippen molar-refractivity contribution in [3.63, 3.8) is 0 Å². The average Bonchev–Trinajstić information content (AvgIpc) is 2.60. The van der Waals surface area contributed by atoms with Crippen LogP contribution in [0.1, 0.15) is 46.1 Å². The standard InChI is InChI=1S/C20H22N2O2/c1-13-6-7-18-16(10-13)11-17(19(23)21-18)20(24)22-9-8-14-4-2-3-5-15(14)12-22/h2-5,11,13H,6-10,12H2,1H3,(H,21,23)/t13-/m0/s1. The lowest BCUT2D eigenvalue weighted by Gasteiger charge is -2.29. The Morgan fingerprint density at radius 3 is 2.79 bits per heavy atom. The summed E-state index contributed by atoms with van der Waals surface area (Å²) < 4.78 is 0. The highest BCUT2D eigenvalue weighted by Gasteiger charge is 2.25. The number of aryl methyl sites for hydroxylation is 1. The van der Waals surface area contributed by atoms with Crippen molar-refractivity contribution in [3.8, 4) is 0 Å². The van der Waals surface area contributed by atoms with E-state index in [0.29, 0.717) is 24.6 Å². The van der Waals surface area contributed by atoms with Crippen molar-refractivity contribution in [2.75, 3.05) is 6.54 Å². The number of benzene rings is 1. The van der Waals surface area contributed by atoms with E-state index in [1.54, 1.807) is 4.90 Å². The molecular weight excluding hydrogens is 300 g/mol. The van der Waals surface area contributed by atoms with Crippen molar-refractivity contribution in [3.05, 3.63) is 68.6 Å². The SMILES string of the molecule is C[C@H]1CCc2[nH]c(=O)c(C(=O)N3CCc4ccccc4C3)cc2C1. The molecule has 2 aromatic rings. The molecule has 0 saturated heterocycles. The maximum Gasteiger partial charge on any atom is 0.261 e. The normalized spacial score (nSPS) is 19.5. The first kappa shape index (κ1) is 15.2. The van der Waals surface area contributed by atoms with Crippen LogP contribution in [0, 0.1) is 5.92 Å². The number of aromatic nitrogens is 1.